The number of likely N-dealkylation sites (tertiary alicyclic amines) is 2. The average Bonchev–Trinajstić information content (AvgIpc) is 3.58. The zero-order chi connectivity index (χ0) is 32.2. The minimum atomic E-state index is -0.879. The van der Waals surface area contributed by atoms with Crippen LogP contribution in [0.3, 0.4) is 0 Å². The maximum absolute atomic E-state index is 12.1. The van der Waals surface area contributed by atoms with Gasteiger partial charge in [0.15, 0.2) is 0 Å². The summed E-state index contributed by atoms with van der Waals surface area (Å²) in [6.45, 7) is 13.6. The van der Waals surface area contributed by atoms with E-state index < -0.39 is 17.2 Å². The number of carboxylic acids is 1. The number of nitrogens with zero attached hydrogens (tertiary/aromatic N) is 2. The molecular formula is C32H46N4O7. The van der Waals surface area contributed by atoms with Crippen molar-refractivity contribution in [3.63, 3.8) is 0 Å². The maximum Gasteiger partial charge on any atom is 0.410 e. The molecule has 11 nitrogen and oxygen atoms in total. The van der Waals surface area contributed by atoms with Crippen molar-refractivity contribution in [2.75, 3.05) is 26.2 Å². The highest BCUT2D eigenvalue weighted by Gasteiger charge is 2.31. The largest absolute Gasteiger partial charge is 0.478 e. The van der Waals surface area contributed by atoms with Crippen molar-refractivity contribution in [3.8, 4) is 0 Å². The Hall–Kier alpha value is -4.12. The first-order valence-corrected chi connectivity index (χ1v) is 14.4. The Morgan fingerprint density at radius 2 is 1.19 bits per heavy atom. The Balaban J connectivity index is 0.000000249. The Labute approximate surface area is 254 Å². The normalized spacial score (nSPS) is 17.9. The van der Waals surface area contributed by atoms with E-state index in [0.29, 0.717) is 30.8 Å². The number of nitrogens with two attached hydrogens (primary N) is 1. The number of hydrogen-bond donors (Lipinski definition) is 3. The summed E-state index contributed by atoms with van der Waals surface area (Å²) >= 11 is 0. The fraction of sp³-hybridized carbons (Fsp3) is 0.500. The zero-order valence-corrected chi connectivity index (χ0v) is 26.0. The van der Waals surface area contributed by atoms with Gasteiger partial charge in [-0.05, 0) is 78.6 Å². The van der Waals surface area contributed by atoms with Gasteiger partial charge in [-0.2, -0.15) is 0 Å². The second-order valence-corrected chi connectivity index (χ2v) is 12.4. The van der Waals surface area contributed by atoms with Gasteiger partial charge in [-0.25, -0.2) is 14.4 Å². The lowest BCUT2D eigenvalue weighted by molar-refractivity contribution is 0.0281. The van der Waals surface area contributed by atoms with Crippen LogP contribution in [0.1, 0.15) is 75.1 Å². The standard InChI is InChI=1S/C16H22N2O3.C9H18N2O2.C7H6O2/c1-16(2,3)21-15(20)18-10-9-13(11-18)17-14(19)12-7-5-4-6-8-12;1-9(2,3)13-8(12)11-5-4-7(10)6-11;8-7(9)6-4-2-1-3-5-6/h4-8,13H,9-11H2,1-3H3,(H,17,19);7H,4-6,10H2,1-3H3;1-5H,(H,8,9)/t13-;7-;/m00./s1. The van der Waals surface area contributed by atoms with Crippen LogP contribution < -0.4 is 11.1 Å². The number of carbonyl (C=O) groups excluding carboxylic acids is 3. The average molecular weight is 599 g/mol. The summed E-state index contributed by atoms with van der Waals surface area (Å²) in [5.41, 5.74) is 5.73. The van der Waals surface area contributed by atoms with Crippen LogP contribution in [0.2, 0.25) is 0 Å². The van der Waals surface area contributed by atoms with E-state index in [2.05, 4.69) is 5.32 Å². The SMILES string of the molecule is CC(C)(C)OC(=O)N1CC[C@H](N)C1.CC(C)(C)OC(=O)N1CC[C@H](NC(=O)c2ccccc2)C1.O=C(O)c1ccccc1. The first kappa shape index (κ1) is 35.1. The third-order valence-corrected chi connectivity index (χ3v) is 6.11. The van der Waals surface area contributed by atoms with Crippen molar-refractivity contribution in [1.82, 2.24) is 15.1 Å². The van der Waals surface area contributed by atoms with E-state index >= 15 is 0 Å². The first-order chi connectivity index (χ1) is 20.0. The lowest BCUT2D eigenvalue weighted by Crippen LogP contribution is -2.40. The minimum Gasteiger partial charge on any atom is -0.478 e. The second kappa shape index (κ2) is 15.9. The molecule has 2 fully saturated rings. The molecule has 2 saturated heterocycles. The molecule has 0 spiro atoms. The third kappa shape index (κ3) is 13.6. The van der Waals surface area contributed by atoms with E-state index in [1.807, 2.05) is 59.7 Å². The van der Waals surface area contributed by atoms with Gasteiger partial charge in [0.2, 0.25) is 0 Å². The van der Waals surface area contributed by atoms with Crippen molar-refractivity contribution >= 4 is 24.1 Å². The molecule has 2 heterocycles. The lowest BCUT2D eigenvalue weighted by atomic mass is 10.2. The molecule has 0 unspecified atom stereocenters. The molecular weight excluding hydrogens is 552 g/mol. The van der Waals surface area contributed by atoms with Crippen LogP contribution in [-0.4, -0.2) is 88.4 Å². The summed E-state index contributed by atoms with van der Waals surface area (Å²) in [5.74, 6) is -0.984. The molecule has 2 atom stereocenters. The van der Waals surface area contributed by atoms with E-state index in [1.165, 1.54) is 0 Å². The molecule has 0 aromatic heterocycles. The molecule has 2 aliphatic rings. The van der Waals surface area contributed by atoms with E-state index in [0.717, 1.165) is 19.4 Å². The summed E-state index contributed by atoms with van der Waals surface area (Å²) in [6.07, 6.45) is 1.05. The van der Waals surface area contributed by atoms with Gasteiger partial charge >= 0.3 is 18.2 Å². The number of ether oxygens (including phenoxy) is 2. The Kier molecular flexibility index (Phi) is 13.0. The highest BCUT2D eigenvalue weighted by molar-refractivity contribution is 5.94. The molecule has 0 aliphatic carbocycles. The second-order valence-electron chi connectivity index (χ2n) is 12.4. The molecule has 0 bridgehead atoms. The predicted octanol–water partition coefficient (Wildman–Crippen LogP) is 4.77. The van der Waals surface area contributed by atoms with Crippen LogP contribution in [-0.2, 0) is 9.47 Å². The Bertz CT molecular complexity index is 1190. The van der Waals surface area contributed by atoms with Crippen molar-refractivity contribution in [2.24, 2.45) is 5.73 Å². The number of aromatic carboxylic acids is 1. The fourth-order valence-electron chi connectivity index (χ4n) is 4.09. The molecule has 11 heteroatoms. The number of carboxylic acid groups (broad SMARTS) is 1. The van der Waals surface area contributed by atoms with Crippen molar-refractivity contribution in [2.45, 2.75) is 77.7 Å². The molecule has 0 radical (unpaired) electrons. The third-order valence-electron chi connectivity index (χ3n) is 6.11. The van der Waals surface area contributed by atoms with E-state index in [-0.39, 0.29) is 30.2 Å². The van der Waals surface area contributed by atoms with Gasteiger partial charge in [0.25, 0.3) is 5.91 Å². The monoisotopic (exact) mass is 598 g/mol. The molecule has 3 amide bonds. The van der Waals surface area contributed by atoms with Gasteiger partial charge in [-0.3, -0.25) is 4.79 Å². The van der Waals surface area contributed by atoms with Gasteiger partial charge in [0.05, 0.1) is 5.56 Å². The molecule has 236 valence electrons. The summed E-state index contributed by atoms with van der Waals surface area (Å²) in [5, 5.41) is 11.3. The van der Waals surface area contributed by atoms with Gasteiger partial charge in [-0.1, -0.05) is 36.4 Å². The lowest BCUT2D eigenvalue weighted by Gasteiger charge is -2.24. The van der Waals surface area contributed by atoms with Crippen LogP contribution in [0.5, 0.6) is 0 Å². The number of rotatable bonds is 3. The summed E-state index contributed by atoms with van der Waals surface area (Å²) in [7, 11) is 0. The van der Waals surface area contributed by atoms with Gasteiger partial charge in [0.1, 0.15) is 11.2 Å². The van der Waals surface area contributed by atoms with Gasteiger partial charge in [0, 0.05) is 43.8 Å². The number of amides is 3. The van der Waals surface area contributed by atoms with Crippen molar-refractivity contribution in [1.29, 1.82) is 0 Å². The number of hydrogen-bond acceptors (Lipinski definition) is 7. The van der Waals surface area contributed by atoms with Gasteiger partial charge in [-0.15, -0.1) is 0 Å². The van der Waals surface area contributed by atoms with E-state index in [1.54, 1.807) is 52.3 Å². The molecule has 2 aromatic rings. The molecule has 2 aromatic carbocycles. The smallest absolute Gasteiger partial charge is 0.410 e. The Morgan fingerprint density at radius 3 is 1.58 bits per heavy atom. The van der Waals surface area contributed by atoms with Crippen LogP contribution in [0.15, 0.2) is 60.7 Å². The maximum atomic E-state index is 12.1. The van der Waals surface area contributed by atoms with Gasteiger partial charge < -0.3 is 35.4 Å². The topological polar surface area (TPSA) is 152 Å². The molecule has 4 rings (SSSR count). The number of benzene rings is 2. The number of carbonyl (C=O) groups is 4. The van der Waals surface area contributed by atoms with Crippen LogP contribution >= 0.6 is 0 Å². The first-order valence-electron chi connectivity index (χ1n) is 14.4. The summed E-state index contributed by atoms with van der Waals surface area (Å²) in [6, 6.07) is 17.5. The number of nitrogens with one attached hydrogen (secondary N) is 1. The van der Waals surface area contributed by atoms with Crippen LogP contribution in [0, 0.1) is 0 Å². The van der Waals surface area contributed by atoms with Crippen molar-refractivity contribution < 1.29 is 33.8 Å². The van der Waals surface area contributed by atoms with E-state index in [9.17, 15) is 19.2 Å². The molecule has 4 N–H and O–H groups in total. The van der Waals surface area contributed by atoms with Crippen LogP contribution in [0.25, 0.3) is 0 Å². The minimum absolute atomic E-state index is 0.0229. The zero-order valence-electron chi connectivity index (χ0n) is 26.0. The van der Waals surface area contributed by atoms with E-state index in [4.69, 9.17) is 20.3 Å². The summed E-state index contributed by atoms with van der Waals surface area (Å²) < 4.78 is 10.5. The fourth-order valence-corrected chi connectivity index (χ4v) is 4.09. The highest BCUT2D eigenvalue weighted by atomic mass is 16.6. The molecule has 43 heavy (non-hydrogen) atoms. The quantitative estimate of drug-likeness (QED) is 0.457. The van der Waals surface area contributed by atoms with Crippen LogP contribution in [0.4, 0.5) is 9.59 Å². The summed E-state index contributed by atoms with van der Waals surface area (Å²) in [4.78, 5) is 49.0. The Morgan fingerprint density at radius 1 is 0.744 bits per heavy atom. The molecule has 2 aliphatic heterocycles. The van der Waals surface area contributed by atoms with Crippen molar-refractivity contribution in [3.05, 3.63) is 71.8 Å². The predicted molar refractivity (Wildman–Crippen MR) is 164 cm³/mol. The molecule has 0 saturated carbocycles. The highest BCUT2D eigenvalue weighted by Crippen LogP contribution is 2.16.